The highest BCUT2D eigenvalue weighted by Crippen LogP contribution is 2.43. The normalized spacial score (nSPS) is 19.1. The van der Waals surface area contributed by atoms with Crippen molar-refractivity contribution < 1.29 is 4.52 Å². The Morgan fingerprint density at radius 2 is 1.79 bits per heavy atom. The lowest BCUT2D eigenvalue weighted by Crippen LogP contribution is -2.48. The van der Waals surface area contributed by atoms with E-state index in [1.807, 2.05) is 29.2 Å². The maximum atomic E-state index is 6.07. The second-order valence-corrected chi connectivity index (χ2v) is 7.59. The Balaban J connectivity index is 1.57. The van der Waals surface area contributed by atoms with Crippen molar-refractivity contribution in [1.29, 1.82) is 0 Å². The van der Waals surface area contributed by atoms with E-state index in [0.29, 0.717) is 11.0 Å². The van der Waals surface area contributed by atoms with E-state index in [1.165, 1.54) is 5.56 Å². The number of hydrogen-bond acceptors (Lipinski definition) is 4. The number of hydrogen-bond donors (Lipinski definition) is 1. The zero-order valence-corrected chi connectivity index (χ0v) is 16.6. The predicted octanol–water partition coefficient (Wildman–Crippen LogP) is 3.83. The number of nitrogens with two attached hydrogens (primary N) is 1. The Bertz CT molecular complexity index is 928. The first kappa shape index (κ1) is 18.6. The highest BCUT2D eigenvalue weighted by Gasteiger charge is 2.49. The Morgan fingerprint density at radius 1 is 1.07 bits per heavy atom. The molecule has 1 aromatic heterocycles. The van der Waals surface area contributed by atoms with Crippen molar-refractivity contribution >= 4 is 17.3 Å². The molecule has 1 fully saturated rings. The standard InChI is InChI=1S/C22H24N4OS/c23-21(28)26-16-8-15-22(26,18-12-5-2-6-13-18)20-24-19(25-27-20)14-7-11-17-9-3-1-4-10-17/h1-6,9-10,12-13H,7-8,11,14-16H2,(H2,23,28). The fourth-order valence-corrected chi connectivity index (χ4v) is 4.34. The van der Waals surface area contributed by atoms with Crippen LogP contribution in [-0.2, 0) is 18.4 Å². The monoisotopic (exact) mass is 392 g/mol. The van der Waals surface area contributed by atoms with Gasteiger partial charge in [0.15, 0.2) is 10.9 Å². The van der Waals surface area contributed by atoms with Crippen LogP contribution in [0.15, 0.2) is 65.2 Å². The Kier molecular flexibility index (Phi) is 5.39. The van der Waals surface area contributed by atoms with E-state index in [1.54, 1.807) is 0 Å². The minimum Gasteiger partial charge on any atom is -0.376 e. The van der Waals surface area contributed by atoms with Gasteiger partial charge in [-0.1, -0.05) is 65.8 Å². The van der Waals surface area contributed by atoms with Gasteiger partial charge in [0.1, 0.15) is 5.54 Å². The molecule has 5 nitrogen and oxygen atoms in total. The zero-order chi connectivity index (χ0) is 19.4. The van der Waals surface area contributed by atoms with Crippen molar-refractivity contribution in [2.24, 2.45) is 5.73 Å². The molecule has 2 aromatic carbocycles. The van der Waals surface area contributed by atoms with Crippen molar-refractivity contribution in [1.82, 2.24) is 15.0 Å². The second-order valence-electron chi connectivity index (χ2n) is 7.17. The van der Waals surface area contributed by atoms with E-state index < -0.39 is 5.54 Å². The van der Waals surface area contributed by atoms with Crippen LogP contribution in [0.4, 0.5) is 0 Å². The summed E-state index contributed by atoms with van der Waals surface area (Å²) in [5.41, 5.74) is 7.90. The van der Waals surface area contributed by atoms with Crippen LogP contribution in [0.1, 0.15) is 42.1 Å². The Hall–Kier alpha value is -2.73. The van der Waals surface area contributed by atoms with Crippen LogP contribution in [0.2, 0.25) is 0 Å². The summed E-state index contributed by atoms with van der Waals surface area (Å²) in [7, 11) is 0. The van der Waals surface area contributed by atoms with Crippen LogP contribution in [-0.4, -0.2) is 26.7 Å². The largest absolute Gasteiger partial charge is 0.376 e. The number of nitrogens with zero attached hydrogens (tertiary/aromatic N) is 3. The molecule has 0 bridgehead atoms. The van der Waals surface area contributed by atoms with E-state index in [0.717, 1.165) is 50.0 Å². The van der Waals surface area contributed by atoms with Gasteiger partial charge in [-0.05, 0) is 49.0 Å². The summed E-state index contributed by atoms with van der Waals surface area (Å²) < 4.78 is 5.77. The van der Waals surface area contributed by atoms with Gasteiger partial charge in [0, 0.05) is 13.0 Å². The first-order valence-corrected chi connectivity index (χ1v) is 10.1. The number of aromatic nitrogens is 2. The Morgan fingerprint density at radius 3 is 2.50 bits per heavy atom. The van der Waals surface area contributed by atoms with Crippen LogP contribution in [0, 0.1) is 0 Å². The van der Waals surface area contributed by atoms with Gasteiger partial charge < -0.3 is 15.2 Å². The molecule has 1 saturated heterocycles. The fourth-order valence-electron chi connectivity index (χ4n) is 4.10. The SMILES string of the molecule is NC(=S)N1CCCC1(c1ccccc1)c1nc(CCCc2ccccc2)no1. The number of rotatable bonds is 6. The van der Waals surface area contributed by atoms with E-state index in [9.17, 15) is 0 Å². The molecule has 4 rings (SSSR count). The average molecular weight is 393 g/mol. The van der Waals surface area contributed by atoms with E-state index in [-0.39, 0.29) is 0 Å². The number of aryl methyl sites for hydroxylation is 2. The van der Waals surface area contributed by atoms with Gasteiger partial charge in [0.2, 0.25) is 0 Å². The molecule has 3 aromatic rings. The predicted molar refractivity (Wildman–Crippen MR) is 113 cm³/mol. The molecule has 28 heavy (non-hydrogen) atoms. The second kappa shape index (κ2) is 8.10. The van der Waals surface area contributed by atoms with Crippen LogP contribution < -0.4 is 5.73 Å². The van der Waals surface area contributed by atoms with Gasteiger partial charge in [0.05, 0.1) is 0 Å². The summed E-state index contributed by atoms with van der Waals surface area (Å²) >= 11 is 5.35. The fraction of sp³-hybridized carbons (Fsp3) is 0.318. The third kappa shape index (κ3) is 3.52. The van der Waals surface area contributed by atoms with Crippen molar-refractivity contribution in [2.45, 2.75) is 37.6 Å². The summed E-state index contributed by atoms with van der Waals surface area (Å²) in [6.45, 7) is 0.788. The topological polar surface area (TPSA) is 68.2 Å². The molecule has 2 N–H and O–H groups in total. The van der Waals surface area contributed by atoms with Crippen molar-refractivity contribution in [3.63, 3.8) is 0 Å². The van der Waals surface area contributed by atoms with Gasteiger partial charge >= 0.3 is 0 Å². The van der Waals surface area contributed by atoms with Gasteiger partial charge in [0.25, 0.3) is 5.89 Å². The molecule has 6 heteroatoms. The minimum atomic E-state index is -0.572. The summed E-state index contributed by atoms with van der Waals surface area (Å²) in [6.07, 6.45) is 4.56. The maximum Gasteiger partial charge on any atom is 0.257 e. The van der Waals surface area contributed by atoms with Gasteiger partial charge in [-0.3, -0.25) is 0 Å². The van der Waals surface area contributed by atoms with Crippen LogP contribution in [0.3, 0.4) is 0 Å². The van der Waals surface area contributed by atoms with Crippen LogP contribution in [0.5, 0.6) is 0 Å². The quantitative estimate of drug-likeness (QED) is 0.643. The molecule has 0 aliphatic carbocycles. The molecule has 2 heterocycles. The maximum absolute atomic E-state index is 6.07. The third-order valence-electron chi connectivity index (χ3n) is 5.43. The van der Waals surface area contributed by atoms with Gasteiger partial charge in [-0.2, -0.15) is 4.98 Å². The highest BCUT2D eigenvalue weighted by atomic mass is 32.1. The first-order valence-electron chi connectivity index (χ1n) is 9.70. The van der Waals surface area contributed by atoms with Crippen molar-refractivity contribution in [3.05, 3.63) is 83.5 Å². The molecule has 0 amide bonds. The highest BCUT2D eigenvalue weighted by molar-refractivity contribution is 7.80. The molecular weight excluding hydrogens is 368 g/mol. The summed E-state index contributed by atoms with van der Waals surface area (Å²) in [5.74, 6) is 1.31. The third-order valence-corrected chi connectivity index (χ3v) is 5.65. The molecule has 1 atom stereocenters. The number of thiocarbonyl (C=S) groups is 1. The Labute approximate surface area is 170 Å². The zero-order valence-electron chi connectivity index (χ0n) is 15.8. The van der Waals surface area contributed by atoms with Gasteiger partial charge in [-0.25, -0.2) is 0 Å². The van der Waals surface area contributed by atoms with E-state index in [4.69, 9.17) is 27.5 Å². The first-order chi connectivity index (χ1) is 13.7. The molecule has 0 saturated carbocycles. The van der Waals surface area contributed by atoms with E-state index >= 15 is 0 Å². The van der Waals surface area contributed by atoms with Crippen molar-refractivity contribution in [2.75, 3.05) is 6.54 Å². The molecule has 1 aliphatic heterocycles. The smallest absolute Gasteiger partial charge is 0.257 e. The number of likely N-dealkylation sites (tertiary alicyclic amines) is 1. The minimum absolute atomic E-state index is 0.366. The van der Waals surface area contributed by atoms with Gasteiger partial charge in [-0.15, -0.1) is 0 Å². The lowest BCUT2D eigenvalue weighted by molar-refractivity contribution is 0.208. The molecular formula is C22H24N4OS. The average Bonchev–Trinajstić information content (AvgIpc) is 3.37. The molecule has 1 aliphatic rings. The molecule has 1 unspecified atom stereocenters. The molecule has 144 valence electrons. The number of benzene rings is 2. The summed E-state index contributed by atoms with van der Waals surface area (Å²) in [5, 5.41) is 4.63. The van der Waals surface area contributed by atoms with E-state index in [2.05, 4.69) is 41.6 Å². The van der Waals surface area contributed by atoms with Crippen LogP contribution >= 0.6 is 12.2 Å². The lowest BCUT2D eigenvalue weighted by Gasteiger charge is -2.36. The van der Waals surface area contributed by atoms with Crippen molar-refractivity contribution in [3.8, 4) is 0 Å². The molecule has 0 radical (unpaired) electrons. The summed E-state index contributed by atoms with van der Waals surface area (Å²) in [6, 6.07) is 20.6. The molecule has 0 spiro atoms. The van der Waals surface area contributed by atoms with Crippen LogP contribution in [0.25, 0.3) is 0 Å². The lowest BCUT2D eigenvalue weighted by atomic mass is 9.87. The summed E-state index contributed by atoms with van der Waals surface area (Å²) in [4.78, 5) is 6.80.